The van der Waals surface area contributed by atoms with Crippen molar-refractivity contribution in [1.82, 2.24) is 0 Å². The van der Waals surface area contributed by atoms with E-state index < -0.39 is 15.8 Å². The topological polar surface area (TPSA) is 89.3 Å². The maximum absolute atomic E-state index is 12.8. The summed E-state index contributed by atoms with van der Waals surface area (Å²) >= 11 is 0. The number of anilines is 1. The first-order valence-electron chi connectivity index (χ1n) is 6.00. The Hall–Kier alpha value is -2.25. The lowest BCUT2D eigenvalue weighted by molar-refractivity contribution is 0.102. The number of carbonyl (C=O) groups is 1. The summed E-state index contributed by atoms with van der Waals surface area (Å²) in [4.78, 5) is 11.9. The van der Waals surface area contributed by atoms with Crippen LogP contribution in [0.2, 0.25) is 0 Å². The Morgan fingerprint density at radius 3 is 2.14 bits per heavy atom. The molecule has 2 aromatic carbocycles. The molecule has 0 aliphatic heterocycles. The molecule has 0 spiro atoms. The summed E-state index contributed by atoms with van der Waals surface area (Å²) in [5, 5.41) is 7.57. The zero-order valence-electron chi connectivity index (χ0n) is 10.9. The van der Waals surface area contributed by atoms with E-state index in [1.807, 2.05) is 0 Å². The van der Waals surface area contributed by atoms with Gasteiger partial charge in [0.15, 0.2) is 0 Å². The van der Waals surface area contributed by atoms with Gasteiger partial charge in [0.2, 0.25) is 10.0 Å². The van der Waals surface area contributed by atoms with Crippen LogP contribution in [0.5, 0.6) is 0 Å². The predicted octanol–water partition coefficient (Wildman–Crippen LogP) is 1.87. The van der Waals surface area contributed by atoms with Crippen LogP contribution in [0.25, 0.3) is 0 Å². The maximum atomic E-state index is 12.8. The number of halogens is 1. The van der Waals surface area contributed by atoms with Gasteiger partial charge in [0, 0.05) is 11.3 Å². The number of benzene rings is 2. The van der Waals surface area contributed by atoms with Gasteiger partial charge < -0.3 is 5.32 Å². The summed E-state index contributed by atoms with van der Waals surface area (Å²) < 4.78 is 34.7. The Balaban J connectivity index is 2.06. The number of hydrogen-bond acceptors (Lipinski definition) is 3. The zero-order valence-corrected chi connectivity index (χ0v) is 11.7. The van der Waals surface area contributed by atoms with E-state index in [4.69, 9.17) is 5.14 Å². The van der Waals surface area contributed by atoms with Gasteiger partial charge in [-0.3, -0.25) is 4.79 Å². The number of hydrogen-bond donors (Lipinski definition) is 2. The molecule has 0 radical (unpaired) electrons. The summed E-state index contributed by atoms with van der Waals surface area (Å²) in [5.41, 5.74) is 1.35. The fourth-order valence-electron chi connectivity index (χ4n) is 1.72. The van der Waals surface area contributed by atoms with Crippen LogP contribution in [0, 0.1) is 5.82 Å². The molecule has 110 valence electrons. The quantitative estimate of drug-likeness (QED) is 0.903. The van der Waals surface area contributed by atoms with Crippen LogP contribution in [-0.4, -0.2) is 14.3 Å². The predicted molar refractivity (Wildman–Crippen MR) is 77.6 cm³/mol. The van der Waals surface area contributed by atoms with Crippen molar-refractivity contribution < 1.29 is 17.6 Å². The van der Waals surface area contributed by atoms with Crippen LogP contribution < -0.4 is 10.5 Å². The third-order valence-electron chi connectivity index (χ3n) is 2.69. The highest BCUT2D eigenvalue weighted by Gasteiger charge is 2.08. The molecule has 0 saturated heterocycles. The molecule has 2 rings (SSSR count). The molecule has 0 aromatic heterocycles. The first-order chi connectivity index (χ1) is 9.83. The summed E-state index contributed by atoms with van der Waals surface area (Å²) in [7, 11) is -3.58. The van der Waals surface area contributed by atoms with Crippen molar-refractivity contribution in [2.75, 3.05) is 5.32 Å². The van der Waals surface area contributed by atoms with E-state index >= 15 is 0 Å². The lowest BCUT2D eigenvalue weighted by Gasteiger charge is -2.06. The molecule has 0 heterocycles. The summed E-state index contributed by atoms with van der Waals surface area (Å²) in [6.45, 7) is 0. The van der Waals surface area contributed by atoms with Crippen LogP contribution in [0.3, 0.4) is 0 Å². The van der Waals surface area contributed by atoms with Gasteiger partial charge in [-0.2, -0.15) is 0 Å². The average molecular weight is 308 g/mol. The third kappa shape index (κ3) is 4.66. The van der Waals surface area contributed by atoms with E-state index in [9.17, 15) is 17.6 Å². The second-order valence-electron chi connectivity index (χ2n) is 4.47. The lowest BCUT2D eigenvalue weighted by Crippen LogP contribution is -2.15. The molecule has 7 heteroatoms. The van der Waals surface area contributed by atoms with Gasteiger partial charge in [-0.15, -0.1) is 0 Å². The first-order valence-corrected chi connectivity index (χ1v) is 7.71. The summed E-state index contributed by atoms with van der Waals surface area (Å²) in [5.74, 6) is -1.06. The second-order valence-corrected chi connectivity index (χ2v) is 6.08. The molecular weight excluding hydrogens is 295 g/mol. The maximum Gasteiger partial charge on any atom is 0.255 e. The molecule has 21 heavy (non-hydrogen) atoms. The number of nitrogens with one attached hydrogen (secondary N) is 1. The number of primary sulfonamides is 1. The Bertz CT molecular complexity index is 741. The highest BCUT2D eigenvalue weighted by molar-refractivity contribution is 7.88. The molecule has 2 aromatic rings. The van der Waals surface area contributed by atoms with Gasteiger partial charge in [0.25, 0.3) is 5.91 Å². The molecule has 0 saturated carbocycles. The van der Waals surface area contributed by atoms with Crippen molar-refractivity contribution in [3.8, 4) is 0 Å². The minimum absolute atomic E-state index is 0.265. The molecule has 5 nitrogen and oxygen atoms in total. The number of rotatable bonds is 4. The molecule has 0 aliphatic rings. The Morgan fingerprint density at radius 2 is 1.62 bits per heavy atom. The van der Waals surface area contributed by atoms with E-state index in [0.29, 0.717) is 16.8 Å². The third-order valence-corrected chi connectivity index (χ3v) is 3.42. The molecule has 0 unspecified atom stereocenters. The van der Waals surface area contributed by atoms with Crippen LogP contribution in [-0.2, 0) is 15.8 Å². The van der Waals surface area contributed by atoms with Crippen LogP contribution in [0.15, 0.2) is 48.5 Å². The van der Waals surface area contributed by atoms with Crippen LogP contribution in [0.4, 0.5) is 10.1 Å². The number of amides is 1. The van der Waals surface area contributed by atoms with Crippen LogP contribution in [0.1, 0.15) is 15.9 Å². The van der Waals surface area contributed by atoms with Gasteiger partial charge in [0.05, 0.1) is 5.75 Å². The Labute approximate surface area is 121 Å². The largest absolute Gasteiger partial charge is 0.322 e. The van der Waals surface area contributed by atoms with Crippen molar-refractivity contribution in [1.29, 1.82) is 0 Å². The molecule has 1 amide bonds. The van der Waals surface area contributed by atoms with E-state index in [1.54, 1.807) is 24.3 Å². The zero-order chi connectivity index (χ0) is 15.5. The molecule has 0 bridgehead atoms. The summed E-state index contributed by atoms with van der Waals surface area (Å²) in [6, 6.07) is 11.4. The molecular formula is C14H13FN2O3S. The van der Waals surface area contributed by atoms with E-state index in [0.717, 1.165) is 0 Å². The fourth-order valence-corrected chi connectivity index (χ4v) is 2.38. The standard InChI is InChI=1S/C14H13FN2O3S/c15-12-5-3-11(4-6-12)14(18)17-13-7-1-10(2-8-13)9-21(16,19)20/h1-8H,9H2,(H,17,18)(H2,16,19,20). The van der Waals surface area contributed by atoms with Crippen molar-refractivity contribution in [2.45, 2.75) is 5.75 Å². The fraction of sp³-hybridized carbons (Fsp3) is 0.0714. The number of sulfonamides is 1. The summed E-state index contributed by atoms with van der Waals surface area (Å²) in [6.07, 6.45) is 0. The van der Waals surface area contributed by atoms with E-state index in [-0.39, 0.29) is 11.7 Å². The van der Waals surface area contributed by atoms with Gasteiger partial charge in [-0.25, -0.2) is 17.9 Å². The average Bonchev–Trinajstić information content (AvgIpc) is 2.40. The Kier molecular flexibility index (Phi) is 4.35. The molecule has 0 aliphatic carbocycles. The van der Waals surface area contributed by atoms with Crippen molar-refractivity contribution in [3.63, 3.8) is 0 Å². The smallest absolute Gasteiger partial charge is 0.255 e. The van der Waals surface area contributed by atoms with Crippen molar-refractivity contribution >= 4 is 21.6 Å². The number of carbonyl (C=O) groups excluding carboxylic acids is 1. The second kappa shape index (κ2) is 6.02. The normalized spacial score (nSPS) is 11.1. The van der Waals surface area contributed by atoms with Gasteiger partial charge in [0.1, 0.15) is 5.82 Å². The van der Waals surface area contributed by atoms with Gasteiger partial charge in [-0.05, 0) is 42.0 Å². The highest BCUT2D eigenvalue weighted by atomic mass is 32.2. The monoisotopic (exact) mass is 308 g/mol. The molecule has 0 atom stereocenters. The minimum Gasteiger partial charge on any atom is -0.322 e. The minimum atomic E-state index is -3.58. The van der Waals surface area contributed by atoms with Crippen LogP contribution >= 0.6 is 0 Å². The van der Waals surface area contributed by atoms with Crippen molar-refractivity contribution in [2.24, 2.45) is 5.14 Å². The lowest BCUT2D eigenvalue weighted by atomic mass is 10.2. The highest BCUT2D eigenvalue weighted by Crippen LogP contribution is 2.13. The molecule has 3 N–H and O–H groups in total. The SMILES string of the molecule is NS(=O)(=O)Cc1ccc(NC(=O)c2ccc(F)cc2)cc1. The van der Waals surface area contributed by atoms with E-state index in [1.165, 1.54) is 24.3 Å². The first kappa shape index (κ1) is 15.1. The van der Waals surface area contributed by atoms with Gasteiger partial charge in [-0.1, -0.05) is 12.1 Å². The van der Waals surface area contributed by atoms with Crippen molar-refractivity contribution in [3.05, 3.63) is 65.5 Å². The Morgan fingerprint density at radius 1 is 1.05 bits per heavy atom. The van der Waals surface area contributed by atoms with Gasteiger partial charge >= 0.3 is 0 Å². The van der Waals surface area contributed by atoms with E-state index in [2.05, 4.69) is 5.32 Å². The number of nitrogens with two attached hydrogens (primary N) is 1. The molecule has 0 fully saturated rings.